The molecule has 0 saturated carbocycles. The van der Waals surface area contributed by atoms with Crippen LogP contribution >= 0.6 is 0 Å². The summed E-state index contributed by atoms with van der Waals surface area (Å²) in [6, 6.07) is 78.6. The zero-order chi connectivity index (χ0) is 45.3. The molecule has 9 aromatic carbocycles. The van der Waals surface area contributed by atoms with E-state index in [4.69, 9.17) is 0 Å². The summed E-state index contributed by atoms with van der Waals surface area (Å²) in [7, 11) is 0. The van der Waals surface area contributed by atoms with Gasteiger partial charge in [0.2, 0.25) is 0 Å². The Labute approximate surface area is 392 Å². The van der Waals surface area contributed by atoms with Gasteiger partial charge < -0.3 is 4.90 Å². The summed E-state index contributed by atoms with van der Waals surface area (Å²) in [5, 5.41) is 2.52. The van der Waals surface area contributed by atoms with Gasteiger partial charge >= 0.3 is 0 Å². The molecule has 0 amide bonds. The Bertz CT molecular complexity index is 3180. The number of benzene rings is 9. The molecule has 0 saturated heterocycles. The highest BCUT2D eigenvalue weighted by atomic mass is 15.1. The van der Waals surface area contributed by atoms with Crippen LogP contribution in [0.25, 0.3) is 49.7 Å². The van der Waals surface area contributed by atoms with Crippen LogP contribution in [0, 0.1) is 0 Å². The summed E-state index contributed by atoms with van der Waals surface area (Å²) in [4.78, 5) is 2.43. The molecule has 1 heteroatoms. The molecule has 0 N–H and O–H groups in total. The maximum Gasteiger partial charge on any atom is 0.0719 e. The second-order valence-corrected chi connectivity index (χ2v) is 17.8. The lowest BCUT2D eigenvalue weighted by molar-refractivity contribution is 0.563. The van der Waals surface area contributed by atoms with Gasteiger partial charge in [0.25, 0.3) is 0 Å². The molecule has 0 aromatic heterocycles. The highest BCUT2D eigenvalue weighted by molar-refractivity contribution is 5.98. The highest BCUT2D eigenvalue weighted by Gasteiger charge is 2.53. The summed E-state index contributed by atoms with van der Waals surface area (Å²) in [6.45, 7) is 11.7. The van der Waals surface area contributed by atoms with E-state index in [0.29, 0.717) is 6.54 Å². The fourth-order valence-corrected chi connectivity index (χ4v) is 11.0. The third-order valence-corrected chi connectivity index (χ3v) is 14.0. The van der Waals surface area contributed by atoms with Crippen molar-refractivity contribution in [1.82, 2.24) is 0 Å². The summed E-state index contributed by atoms with van der Waals surface area (Å²) < 4.78 is 0. The van der Waals surface area contributed by atoms with Crippen LogP contribution in [-0.4, -0.2) is 6.54 Å². The molecule has 1 nitrogen and oxygen atoms in total. The van der Waals surface area contributed by atoms with Gasteiger partial charge in [-0.05, 0) is 119 Å². The van der Waals surface area contributed by atoms with Crippen molar-refractivity contribution in [3.05, 3.63) is 269 Å². The smallest absolute Gasteiger partial charge is 0.0719 e. The molecule has 0 atom stereocenters. The number of nitrogens with zero attached hydrogens (tertiary/aromatic N) is 1. The van der Waals surface area contributed by atoms with Crippen molar-refractivity contribution in [3.63, 3.8) is 0 Å². The van der Waals surface area contributed by atoms with Crippen LogP contribution in [-0.2, 0) is 10.8 Å². The molecule has 1 spiro atoms. The largest absolute Gasteiger partial charge is 0.338 e. The number of allylic oxidation sites excluding steroid dienone is 3. The first-order chi connectivity index (χ1) is 32.5. The normalized spacial score (nSPS) is 13.9. The fourth-order valence-electron chi connectivity index (χ4n) is 11.0. The monoisotopic (exact) mass is 851 g/mol. The van der Waals surface area contributed by atoms with Crippen molar-refractivity contribution >= 4 is 27.7 Å². The van der Waals surface area contributed by atoms with Gasteiger partial charge in [-0.15, -0.1) is 0 Å². The Kier molecular flexibility index (Phi) is 11.5. The fraction of sp³-hybridized carbons (Fsp3) is 0.138. The SMILES string of the molecule is CC.CC/C=C(\C=C/CN(c1ccc(-c2ccccc2)cc1)c1ccc(-c2cccc3ccccc23)cc1)c1cccc2c1-c1ccccc1C21c2ccccc2C(C)(C)c2ccccc21. The van der Waals surface area contributed by atoms with Gasteiger partial charge in [-0.1, -0.05) is 241 Å². The minimum Gasteiger partial charge on any atom is -0.338 e. The molecule has 2 aliphatic carbocycles. The van der Waals surface area contributed by atoms with Gasteiger partial charge in [-0.3, -0.25) is 0 Å². The number of rotatable bonds is 9. The van der Waals surface area contributed by atoms with Gasteiger partial charge in [0.15, 0.2) is 0 Å². The molecule has 66 heavy (non-hydrogen) atoms. The Morgan fingerprint density at radius 1 is 0.455 bits per heavy atom. The standard InChI is InChI=1S/C63H51N.C2H6/c1-4-19-46(53-28-17-34-60-61(53)54-26-10-11-29-55(54)63(60)58-32-14-12-30-56(58)62(2,3)57-31-13-15-33-59(57)63)24-18-43-64(49-39-35-45(36-40-49)44-20-6-5-7-21-44)50-41-37-48(38-42-50)52-27-16-23-47-22-8-9-25-51(47)52;1-2/h5-42H,4,43H2,1-3H3;1-2H3/b24-18-,46-19+;. The zero-order valence-electron chi connectivity index (χ0n) is 38.8. The van der Waals surface area contributed by atoms with Crippen molar-refractivity contribution in [1.29, 1.82) is 0 Å². The summed E-state index contributed by atoms with van der Waals surface area (Å²) in [6.07, 6.45) is 8.06. The minimum absolute atomic E-state index is 0.131. The van der Waals surface area contributed by atoms with Crippen LogP contribution in [0.2, 0.25) is 0 Å². The maximum atomic E-state index is 2.43. The third kappa shape index (κ3) is 7.02. The minimum atomic E-state index is -0.424. The lowest BCUT2D eigenvalue weighted by Gasteiger charge is -2.46. The van der Waals surface area contributed by atoms with Gasteiger partial charge in [-0.2, -0.15) is 0 Å². The molecule has 0 heterocycles. The van der Waals surface area contributed by atoms with E-state index in [9.17, 15) is 0 Å². The molecule has 2 aliphatic rings. The second kappa shape index (κ2) is 17.8. The Morgan fingerprint density at radius 3 is 1.62 bits per heavy atom. The first kappa shape index (κ1) is 42.5. The Morgan fingerprint density at radius 2 is 0.955 bits per heavy atom. The number of hydrogen-bond donors (Lipinski definition) is 0. The number of anilines is 2. The molecule has 11 rings (SSSR count). The lowest BCUT2D eigenvalue weighted by Crippen LogP contribution is -2.40. The zero-order valence-corrected chi connectivity index (χ0v) is 38.8. The van der Waals surface area contributed by atoms with Gasteiger partial charge in [-0.25, -0.2) is 0 Å². The van der Waals surface area contributed by atoms with Crippen LogP contribution in [0.15, 0.2) is 231 Å². The topological polar surface area (TPSA) is 3.24 Å². The van der Waals surface area contributed by atoms with Crippen LogP contribution in [0.1, 0.15) is 80.0 Å². The molecule has 0 fully saturated rings. The van der Waals surface area contributed by atoms with Crippen LogP contribution < -0.4 is 4.90 Å². The Hall–Kier alpha value is -7.48. The lowest BCUT2D eigenvalue weighted by atomic mass is 9.55. The van der Waals surface area contributed by atoms with E-state index in [-0.39, 0.29) is 5.41 Å². The van der Waals surface area contributed by atoms with Crippen molar-refractivity contribution in [3.8, 4) is 33.4 Å². The summed E-state index contributed by atoms with van der Waals surface area (Å²) >= 11 is 0. The van der Waals surface area contributed by atoms with E-state index in [1.807, 2.05) is 13.8 Å². The predicted molar refractivity (Wildman–Crippen MR) is 283 cm³/mol. The van der Waals surface area contributed by atoms with E-state index >= 15 is 0 Å². The van der Waals surface area contributed by atoms with Crippen LogP contribution in [0.3, 0.4) is 0 Å². The Balaban J connectivity index is 0.00000252. The molecule has 322 valence electrons. The number of fused-ring (bicyclic) bond motifs is 10. The first-order valence-corrected chi connectivity index (χ1v) is 23.8. The summed E-state index contributed by atoms with van der Waals surface area (Å²) in [5.74, 6) is 0. The van der Waals surface area contributed by atoms with Crippen molar-refractivity contribution in [2.24, 2.45) is 0 Å². The quantitative estimate of drug-likeness (QED) is 0.131. The van der Waals surface area contributed by atoms with Crippen LogP contribution in [0.5, 0.6) is 0 Å². The highest BCUT2D eigenvalue weighted by Crippen LogP contribution is 2.63. The van der Waals surface area contributed by atoms with Crippen LogP contribution in [0.4, 0.5) is 11.4 Å². The average molecular weight is 852 g/mol. The average Bonchev–Trinajstić information content (AvgIpc) is 3.69. The van der Waals surface area contributed by atoms with Gasteiger partial charge in [0.05, 0.1) is 5.41 Å². The molecular weight excluding hydrogens is 795 g/mol. The third-order valence-electron chi connectivity index (χ3n) is 14.0. The molecule has 0 aliphatic heterocycles. The van der Waals surface area contributed by atoms with Crippen molar-refractivity contribution in [2.75, 3.05) is 11.4 Å². The first-order valence-electron chi connectivity index (χ1n) is 23.8. The molecule has 0 radical (unpaired) electrons. The number of hydrogen-bond acceptors (Lipinski definition) is 1. The predicted octanol–water partition coefficient (Wildman–Crippen LogP) is 17.4. The molecule has 0 unspecified atom stereocenters. The molecule has 0 bridgehead atoms. The van der Waals surface area contributed by atoms with E-state index in [0.717, 1.165) is 17.8 Å². The van der Waals surface area contributed by atoms with Crippen molar-refractivity contribution < 1.29 is 0 Å². The summed E-state index contributed by atoms with van der Waals surface area (Å²) in [5.41, 5.74) is 20.1. The van der Waals surface area contributed by atoms with Crippen molar-refractivity contribution in [2.45, 2.75) is 51.9 Å². The van der Waals surface area contributed by atoms with E-state index in [1.165, 1.54) is 88.7 Å². The van der Waals surface area contributed by atoms with E-state index in [1.54, 1.807) is 0 Å². The second-order valence-electron chi connectivity index (χ2n) is 17.8. The van der Waals surface area contributed by atoms with E-state index in [2.05, 4.69) is 256 Å². The molecule has 9 aromatic rings. The van der Waals surface area contributed by atoms with Gasteiger partial charge in [0, 0.05) is 23.3 Å². The maximum absolute atomic E-state index is 2.43. The van der Waals surface area contributed by atoms with E-state index < -0.39 is 5.41 Å². The molecular formula is C65H57N. The van der Waals surface area contributed by atoms with Gasteiger partial charge in [0.1, 0.15) is 0 Å².